The van der Waals surface area contributed by atoms with E-state index in [0.29, 0.717) is 22.5 Å². The summed E-state index contributed by atoms with van der Waals surface area (Å²) in [7, 11) is 0. The van der Waals surface area contributed by atoms with E-state index in [4.69, 9.17) is 28.9 Å². The van der Waals surface area contributed by atoms with Crippen molar-refractivity contribution in [1.82, 2.24) is 10.3 Å². The van der Waals surface area contributed by atoms with Crippen molar-refractivity contribution in [1.29, 1.82) is 0 Å². The third-order valence-corrected chi connectivity index (χ3v) is 5.03. The molecule has 1 atom stereocenters. The minimum Gasteiger partial charge on any atom is -0.370 e. The van der Waals surface area contributed by atoms with Gasteiger partial charge in [-0.3, -0.25) is 0 Å². The average Bonchev–Trinajstić information content (AvgIpc) is 3.15. The maximum Gasteiger partial charge on any atom is 0.189 e. The topological polar surface area (TPSA) is 66.5 Å². The highest BCUT2D eigenvalue weighted by Gasteiger charge is 2.14. The SMILES string of the molecule is CC(NC(N)=NCc1ccnc(N2CCCC2)c1)c1ccc(Cl)cc1Cl. The first-order chi connectivity index (χ1) is 12.5. The maximum atomic E-state index is 6.24. The molecule has 1 fully saturated rings. The molecule has 0 aliphatic carbocycles. The van der Waals surface area contributed by atoms with Crippen LogP contribution in [0.25, 0.3) is 0 Å². The number of benzene rings is 1. The van der Waals surface area contributed by atoms with Crippen molar-refractivity contribution in [2.75, 3.05) is 18.0 Å². The third-order valence-electron chi connectivity index (χ3n) is 4.47. The molecule has 1 aromatic heterocycles. The Morgan fingerprint density at radius 2 is 2.04 bits per heavy atom. The van der Waals surface area contributed by atoms with Crippen LogP contribution in [0.3, 0.4) is 0 Å². The minimum atomic E-state index is -0.0684. The van der Waals surface area contributed by atoms with E-state index in [1.165, 1.54) is 12.8 Å². The van der Waals surface area contributed by atoms with Crippen molar-refractivity contribution >= 4 is 35.0 Å². The van der Waals surface area contributed by atoms with Gasteiger partial charge in [0.25, 0.3) is 0 Å². The van der Waals surface area contributed by atoms with Gasteiger partial charge in [-0.25, -0.2) is 9.98 Å². The zero-order valence-electron chi connectivity index (χ0n) is 14.8. The molecule has 1 saturated heterocycles. The fourth-order valence-electron chi connectivity index (χ4n) is 3.05. The van der Waals surface area contributed by atoms with Crippen LogP contribution in [0.1, 0.15) is 36.9 Å². The molecule has 3 rings (SSSR count). The number of anilines is 1. The summed E-state index contributed by atoms with van der Waals surface area (Å²) in [6.07, 6.45) is 4.29. The first-order valence-electron chi connectivity index (χ1n) is 8.74. The predicted molar refractivity (Wildman–Crippen MR) is 109 cm³/mol. The van der Waals surface area contributed by atoms with Crippen LogP contribution in [-0.4, -0.2) is 24.0 Å². The number of nitrogens with one attached hydrogen (secondary N) is 1. The average molecular weight is 392 g/mol. The van der Waals surface area contributed by atoms with Gasteiger partial charge in [0.2, 0.25) is 0 Å². The quantitative estimate of drug-likeness (QED) is 0.593. The molecule has 2 heterocycles. The molecule has 5 nitrogen and oxygen atoms in total. The molecule has 0 spiro atoms. The third kappa shape index (κ3) is 4.80. The second-order valence-corrected chi connectivity index (χ2v) is 7.29. The van der Waals surface area contributed by atoms with Gasteiger partial charge in [-0.2, -0.15) is 0 Å². The lowest BCUT2D eigenvalue weighted by atomic mass is 10.1. The summed E-state index contributed by atoms with van der Waals surface area (Å²) < 4.78 is 0. The molecule has 1 aliphatic rings. The van der Waals surface area contributed by atoms with Gasteiger partial charge in [0.05, 0.1) is 12.6 Å². The van der Waals surface area contributed by atoms with Crippen LogP contribution in [0.4, 0.5) is 5.82 Å². The molecular formula is C19H23Cl2N5. The Labute approximate surface area is 164 Å². The molecule has 0 bridgehead atoms. The Balaban J connectivity index is 1.62. The van der Waals surface area contributed by atoms with Crippen LogP contribution in [0.15, 0.2) is 41.5 Å². The van der Waals surface area contributed by atoms with E-state index in [0.717, 1.165) is 30.0 Å². The van der Waals surface area contributed by atoms with Gasteiger partial charge in [-0.15, -0.1) is 0 Å². The van der Waals surface area contributed by atoms with E-state index < -0.39 is 0 Å². The number of hydrogen-bond donors (Lipinski definition) is 2. The lowest BCUT2D eigenvalue weighted by Crippen LogP contribution is -2.34. The van der Waals surface area contributed by atoms with E-state index in [1.807, 2.05) is 31.3 Å². The van der Waals surface area contributed by atoms with Gasteiger partial charge in [-0.1, -0.05) is 29.3 Å². The minimum absolute atomic E-state index is 0.0684. The second kappa shape index (κ2) is 8.60. The van der Waals surface area contributed by atoms with E-state index in [1.54, 1.807) is 6.07 Å². The van der Waals surface area contributed by atoms with Crippen molar-refractivity contribution in [3.05, 3.63) is 57.7 Å². The molecule has 1 aliphatic heterocycles. The summed E-state index contributed by atoms with van der Waals surface area (Å²) in [5, 5.41) is 4.39. The number of halogens is 2. The fraction of sp³-hybridized carbons (Fsp3) is 0.368. The first kappa shape index (κ1) is 18.8. The van der Waals surface area contributed by atoms with E-state index in [-0.39, 0.29) is 6.04 Å². The summed E-state index contributed by atoms with van der Waals surface area (Å²) in [6, 6.07) is 9.41. The smallest absolute Gasteiger partial charge is 0.189 e. The lowest BCUT2D eigenvalue weighted by Gasteiger charge is -2.17. The van der Waals surface area contributed by atoms with Gasteiger partial charge in [0.1, 0.15) is 5.82 Å². The molecule has 2 aromatic rings. The summed E-state index contributed by atoms with van der Waals surface area (Å²) >= 11 is 12.2. The predicted octanol–water partition coefficient (Wildman–Crippen LogP) is 4.15. The maximum absolute atomic E-state index is 6.24. The van der Waals surface area contributed by atoms with Crippen LogP contribution in [0.2, 0.25) is 10.0 Å². The van der Waals surface area contributed by atoms with Gasteiger partial charge in [0, 0.05) is 29.3 Å². The number of guanidine groups is 1. The van der Waals surface area contributed by atoms with Gasteiger partial charge < -0.3 is 16.0 Å². The van der Waals surface area contributed by atoms with E-state index >= 15 is 0 Å². The zero-order chi connectivity index (χ0) is 18.5. The molecule has 0 amide bonds. The fourth-order valence-corrected chi connectivity index (χ4v) is 3.62. The van der Waals surface area contributed by atoms with Crippen molar-refractivity contribution in [2.24, 2.45) is 10.7 Å². The van der Waals surface area contributed by atoms with Crippen LogP contribution < -0.4 is 16.0 Å². The Morgan fingerprint density at radius 3 is 2.77 bits per heavy atom. The van der Waals surface area contributed by atoms with Crippen LogP contribution in [0, 0.1) is 0 Å². The number of aromatic nitrogens is 1. The number of aliphatic imine (C=N–C) groups is 1. The standard InChI is InChI=1S/C19H23Cl2N5/c1-13(16-5-4-15(20)11-17(16)21)25-19(22)24-12-14-6-7-23-18(10-14)26-8-2-3-9-26/h4-7,10-11,13H,2-3,8-9,12H2,1H3,(H3,22,24,25). The summed E-state index contributed by atoms with van der Waals surface area (Å²) in [6.45, 7) is 4.63. The zero-order valence-corrected chi connectivity index (χ0v) is 16.3. The molecule has 3 N–H and O–H groups in total. The van der Waals surface area contributed by atoms with Crippen molar-refractivity contribution in [3.8, 4) is 0 Å². The van der Waals surface area contributed by atoms with Crippen molar-refractivity contribution in [3.63, 3.8) is 0 Å². The summed E-state index contributed by atoms with van der Waals surface area (Å²) in [5.41, 5.74) is 8.06. The first-order valence-corrected chi connectivity index (χ1v) is 9.50. The van der Waals surface area contributed by atoms with Gasteiger partial charge in [-0.05, 0) is 55.2 Å². The lowest BCUT2D eigenvalue weighted by molar-refractivity contribution is 0.708. The highest BCUT2D eigenvalue weighted by atomic mass is 35.5. The monoisotopic (exact) mass is 391 g/mol. The normalized spacial score (nSPS) is 16.0. The second-order valence-electron chi connectivity index (χ2n) is 6.45. The Kier molecular flexibility index (Phi) is 6.22. The van der Waals surface area contributed by atoms with Crippen LogP contribution in [0.5, 0.6) is 0 Å². The van der Waals surface area contributed by atoms with Crippen molar-refractivity contribution in [2.45, 2.75) is 32.4 Å². The number of rotatable bonds is 5. The highest BCUT2D eigenvalue weighted by Crippen LogP contribution is 2.26. The Bertz CT molecular complexity index is 787. The number of hydrogen-bond acceptors (Lipinski definition) is 3. The highest BCUT2D eigenvalue weighted by molar-refractivity contribution is 6.35. The molecule has 0 saturated carbocycles. The van der Waals surface area contributed by atoms with E-state index in [9.17, 15) is 0 Å². The molecule has 7 heteroatoms. The molecule has 1 aromatic carbocycles. The summed E-state index contributed by atoms with van der Waals surface area (Å²) in [5.74, 6) is 1.39. The number of pyridine rings is 1. The van der Waals surface area contributed by atoms with E-state index in [2.05, 4.69) is 26.3 Å². The number of nitrogens with zero attached hydrogens (tertiary/aromatic N) is 3. The van der Waals surface area contributed by atoms with Gasteiger partial charge >= 0.3 is 0 Å². The molecule has 26 heavy (non-hydrogen) atoms. The molecule has 0 radical (unpaired) electrons. The van der Waals surface area contributed by atoms with Gasteiger partial charge in [0.15, 0.2) is 5.96 Å². The Morgan fingerprint density at radius 1 is 1.27 bits per heavy atom. The van der Waals surface area contributed by atoms with Crippen LogP contribution in [-0.2, 0) is 6.54 Å². The van der Waals surface area contributed by atoms with Crippen LogP contribution >= 0.6 is 23.2 Å². The Hall–Kier alpha value is -1.98. The number of nitrogens with two attached hydrogens (primary N) is 1. The largest absolute Gasteiger partial charge is 0.370 e. The molecule has 1 unspecified atom stereocenters. The summed E-state index contributed by atoms with van der Waals surface area (Å²) in [4.78, 5) is 11.2. The molecule has 138 valence electrons. The van der Waals surface area contributed by atoms with Crippen molar-refractivity contribution < 1.29 is 0 Å². The molecular weight excluding hydrogens is 369 g/mol.